The fourth-order valence-electron chi connectivity index (χ4n) is 2.50. The van der Waals surface area contributed by atoms with Gasteiger partial charge in [-0.3, -0.25) is 9.88 Å². The smallest absolute Gasteiger partial charge is 0.321 e. The number of carbonyl (C=O) groups is 1. The van der Waals surface area contributed by atoms with Crippen LogP contribution in [0.2, 0.25) is 0 Å². The van der Waals surface area contributed by atoms with Gasteiger partial charge < -0.3 is 5.32 Å². The zero-order valence-corrected chi connectivity index (χ0v) is 11.6. The normalized spacial score (nSPS) is 13.1. The summed E-state index contributed by atoms with van der Waals surface area (Å²) in [5.74, 6) is -0.245. The average Bonchev–Trinajstić information content (AvgIpc) is 2.93. The van der Waals surface area contributed by atoms with Gasteiger partial charge in [0.2, 0.25) is 0 Å². The van der Waals surface area contributed by atoms with Gasteiger partial charge in [-0.15, -0.1) is 0 Å². The Bertz CT molecular complexity index is 642. The van der Waals surface area contributed by atoms with Gasteiger partial charge in [-0.1, -0.05) is 12.1 Å². The molecule has 0 spiro atoms. The number of hydrogen-bond acceptors (Lipinski definition) is 2. The Morgan fingerprint density at radius 3 is 2.90 bits per heavy atom. The van der Waals surface area contributed by atoms with E-state index in [1.807, 2.05) is 6.07 Å². The second-order valence-electron chi connectivity index (χ2n) is 5.01. The minimum Gasteiger partial charge on any atom is -0.337 e. The Morgan fingerprint density at radius 2 is 2.10 bits per heavy atom. The van der Waals surface area contributed by atoms with Crippen LogP contribution in [0.25, 0.3) is 0 Å². The topological polar surface area (TPSA) is 45.2 Å². The molecule has 0 radical (unpaired) electrons. The van der Waals surface area contributed by atoms with Gasteiger partial charge in [-0.25, -0.2) is 9.18 Å². The van der Waals surface area contributed by atoms with Gasteiger partial charge in [0.05, 0.1) is 5.69 Å². The molecule has 2 aromatic rings. The van der Waals surface area contributed by atoms with Gasteiger partial charge in [0.15, 0.2) is 0 Å². The number of fused-ring (bicyclic) bond motifs is 1. The van der Waals surface area contributed by atoms with Crippen molar-refractivity contribution in [2.75, 3.05) is 18.0 Å². The first-order valence-electron chi connectivity index (χ1n) is 6.97. The summed E-state index contributed by atoms with van der Waals surface area (Å²) >= 11 is 0. The van der Waals surface area contributed by atoms with Gasteiger partial charge in [-0.05, 0) is 42.2 Å². The molecule has 1 N–H and O–H groups in total. The van der Waals surface area contributed by atoms with Crippen LogP contribution in [0.4, 0.5) is 14.9 Å². The molecule has 108 valence electrons. The van der Waals surface area contributed by atoms with Gasteiger partial charge in [-0.2, -0.15) is 0 Å². The van der Waals surface area contributed by atoms with Crippen LogP contribution in [0.15, 0.2) is 42.7 Å². The molecular formula is C16H16FN3O. The maximum absolute atomic E-state index is 12.8. The Labute approximate surface area is 122 Å². The van der Waals surface area contributed by atoms with Crippen molar-refractivity contribution >= 4 is 11.7 Å². The van der Waals surface area contributed by atoms with Crippen LogP contribution >= 0.6 is 0 Å². The number of nitrogens with zero attached hydrogens (tertiary/aromatic N) is 2. The molecule has 1 aliphatic heterocycles. The van der Waals surface area contributed by atoms with E-state index in [9.17, 15) is 9.18 Å². The molecule has 0 unspecified atom stereocenters. The molecule has 0 saturated carbocycles. The highest BCUT2D eigenvalue weighted by atomic mass is 19.1. The molecule has 2 heterocycles. The Morgan fingerprint density at radius 1 is 1.29 bits per heavy atom. The number of halogens is 1. The summed E-state index contributed by atoms with van der Waals surface area (Å²) in [6, 6.07) is 8.10. The molecule has 5 heteroatoms. The number of pyridine rings is 1. The van der Waals surface area contributed by atoms with Crippen molar-refractivity contribution in [1.82, 2.24) is 10.3 Å². The van der Waals surface area contributed by atoms with E-state index >= 15 is 0 Å². The number of rotatable bonds is 3. The third-order valence-corrected chi connectivity index (χ3v) is 3.62. The fourth-order valence-corrected chi connectivity index (χ4v) is 2.50. The van der Waals surface area contributed by atoms with Crippen molar-refractivity contribution in [3.8, 4) is 0 Å². The number of anilines is 1. The van der Waals surface area contributed by atoms with E-state index in [1.165, 1.54) is 12.1 Å². The third kappa shape index (κ3) is 3.02. The third-order valence-electron chi connectivity index (χ3n) is 3.62. The Hall–Kier alpha value is -2.43. The lowest BCUT2D eigenvalue weighted by atomic mass is 10.1. The maximum Gasteiger partial charge on any atom is 0.321 e. The molecule has 0 atom stereocenters. The minimum atomic E-state index is -0.245. The summed E-state index contributed by atoms with van der Waals surface area (Å²) in [6.45, 7) is 1.21. The van der Waals surface area contributed by atoms with E-state index in [-0.39, 0.29) is 11.8 Å². The average molecular weight is 285 g/mol. The molecule has 1 aliphatic rings. The van der Waals surface area contributed by atoms with E-state index in [2.05, 4.69) is 10.3 Å². The lowest BCUT2D eigenvalue weighted by Gasteiger charge is -2.17. The molecule has 0 fully saturated rings. The highest BCUT2D eigenvalue weighted by Crippen LogP contribution is 2.26. The summed E-state index contributed by atoms with van der Waals surface area (Å²) in [6.07, 6.45) is 5.03. The summed E-state index contributed by atoms with van der Waals surface area (Å²) < 4.78 is 12.8. The number of nitrogens with one attached hydrogen (secondary N) is 1. The second-order valence-corrected chi connectivity index (χ2v) is 5.01. The van der Waals surface area contributed by atoms with Crippen molar-refractivity contribution in [3.05, 3.63) is 59.7 Å². The standard InChI is InChI=1S/C16H16FN3O/c17-14-3-1-12(2-4-14)5-9-19-16(21)20-10-7-13-11-18-8-6-15(13)20/h1-4,6,8,11H,5,7,9-10H2,(H,19,21). The van der Waals surface area contributed by atoms with E-state index in [4.69, 9.17) is 0 Å². The SMILES string of the molecule is O=C(NCCc1ccc(F)cc1)N1CCc2cnccc21. The van der Waals surface area contributed by atoms with Crippen LogP contribution < -0.4 is 10.2 Å². The fraction of sp³-hybridized carbons (Fsp3) is 0.250. The molecule has 21 heavy (non-hydrogen) atoms. The molecule has 2 amide bonds. The summed E-state index contributed by atoms with van der Waals surface area (Å²) in [5.41, 5.74) is 3.04. The highest BCUT2D eigenvalue weighted by Gasteiger charge is 2.23. The van der Waals surface area contributed by atoms with Crippen LogP contribution in [-0.4, -0.2) is 24.1 Å². The molecular weight excluding hydrogens is 269 g/mol. The van der Waals surface area contributed by atoms with Crippen molar-refractivity contribution in [1.29, 1.82) is 0 Å². The first-order valence-corrected chi connectivity index (χ1v) is 6.97. The quantitative estimate of drug-likeness (QED) is 0.942. The monoisotopic (exact) mass is 285 g/mol. The lowest BCUT2D eigenvalue weighted by Crippen LogP contribution is -2.39. The minimum absolute atomic E-state index is 0.0953. The molecule has 4 nitrogen and oxygen atoms in total. The van der Waals surface area contributed by atoms with Crippen molar-refractivity contribution in [3.63, 3.8) is 0 Å². The number of carbonyl (C=O) groups excluding carboxylic acids is 1. The van der Waals surface area contributed by atoms with Crippen LogP contribution in [0, 0.1) is 5.82 Å². The number of hydrogen-bond donors (Lipinski definition) is 1. The van der Waals surface area contributed by atoms with Crippen molar-refractivity contribution < 1.29 is 9.18 Å². The maximum atomic E-state index is 12.8. The largest absolute Gasteiger partial charge is 0.337 e. The molecule has 0 bridgehead atoms. The van der Waals surface area contributed by atoms with E-state index < -0.39 is 0 Å². The summed E-state index contributed by atoms with van der Waals surface area (Å²) in [5, 5.41) is 2.90. The van der Waals surface area contributed by atoms with E-state index in [0.29, 0.717) is 19.5 Å². The van der Waals surface area contributed by atoms with Crippen molar-refractivity contribution in [2.24, 2.45) is 0 Å². The Balaban J connectivity index is 1.54. The van der Waals surface area contributed by atoms with Gasteiger partial charge >= 0.3 is 6.03 Å². The zero-order chi connectivity index (χ0) is 14.7. The number of benzene rings is 1. The second kappa shape index (κ2) is 5.91. The summed E-state index contributed by atoms with van der Waals surface area (Å²) in [7, 11) is 0. The zero-order valence-electron chi connectivity index (χ0n) is 11.6. The van der Waals surface area contributed by atoms with E-state index in [0.717, 1.165) is 23.2 Å². The molecule has 0 saturated heterocycles. The van der Waals surface area contributed by atoms with Crippen molar-refractivity contribution in [2.45, 2.75) is 12.8 Å². The number of amides is 2. The first-order chi connectivity index (χ1) is 10.2. The lowest BCUT2D eigenvalue weighted by molar-refractivity contribution is 0.247. The van der Waals surface area contributed by atoms with Crippen LogP contribution in [0.3, 0.4) is 0 Å². The van der Waals surface area contributed by atoms with Crippen LogP contribution in [-0.2, 0) is 12.8 Å². The molecule has 1 aromatic carbocycles. The Kier molecular flexibility index (Phi) is 3.81. The molecule has 1 aromatic heterocycles. The number of urea groups is 1. The van der Waals surface area contributed by atoms with Gasteiger partial charge in [0.25, 0.3) is 0 Å². The van der Waals surface area contributed by atoms with Gasteiger partial charge in [0, 0.05) is 25.5 Å². The van der Waals surface area contributed by atoms with Gasteiger partial charge in [0.1, 0.15) is 5.82 Å². The highest BCUT2D eigenvalue weighted by molar-refractivity contribution is 5.94. The predicted molar refractivity (Wildman–Crippen MR) is 78.8 cm³/mol. The van der Waals surface area contributed by atoms with E-state index in [1.54, 1.807) is 29.4 Å². The van der Waals surface area contributed by atoms with Crippen LogP contribution in [0.5, 0.6) is 0 Å². The predicted octanol–water partition coefficient (Wildman–Crippen LogP) is 2.54. The number of aromatic nitrogens is 1. The van der Waals surface area contributed by atoms with Crippen LogP contribution in [0.1, 0.15) is 11.1 Å². The first kappa shape index (κ1) is 13.5. The molecule has 3 rings (SSSR count). The molecule has 0 aliphatic carbocycles. The summed E-state index contributed by atoms with van der Waals surface area (Å²) in [4.78, 5) is 18.0.